The number of hydrogen-bond acceptors (Lipinski definition) is 4. The van der Waals surface area contributed by atoms with Crippen molar-refractivity contribution in [2.45, 2.75) is 31.1 Å². The van der Waals surface area contributed by atoms with Gasteiger partial charge in [0.05, 0.1) is 22.8 Å². The minimum atomic E-state index is -4.67. The number of aromatic nitrogens is 3. The number of halogens is 6. The molecule has 0 spiro atoms. The molecule has 0 aliphatic carbocycles. The fraction of sp³-hybridized carbons (Fsp3) is 0.350. The van der Waals surface area contributed by atoms with E-state index in [9.17, 15) is 26.3 Å². The Kier molecular flexibility index (Phi) is 5.03. The summed E-state index contributed by atoms with van der Waals surface area (Å²) < 4.78 is 80.5. The molecule has 0 radical (unpaired) electrons. The van der Waals surface area contributed by atoms with E-state index in [0.717, 1.165) is 24.4 Å². The summed E-state index contributed by atoms with van der Waals surface area (Å²) in [4.78, 5) is 1.72. The third kappa shape index (κ3) is 4.02. The maximum atomic E-state index is 13.3. The first kappa shape index (κ1) is 21.0. The molecule has 3 aromatic rings. The Balaban J connectivity index is 1.66. The van der Waals surface area contributed by atoms with Crippen LogP contribution in [-0.4, -0.2) is 27.7 Å². The molecule has 1 aromatic carbocycles. The van der Waals surface area contributed by atoms with Crippen LogP contribution in [0.5, 0.6) is 0 Å². The van der Waals surface area contributed by atoms with Crippen molar-refractivity contribution in [1.82, 2.24) is 14.6 Å². The molecule has 0 saturated carbocycles. The first-order chi connectivity index (χ1) is 14.6. The van der Waals surface area contributed by atoms with Gasteiger partial charge in [0.2, 0.25) is 0 Å². The van der Waals surface area contributed by atoms with Gasteiger partial charge in [-0.05, 0) is 43.2 Å². The number of hydrogen-bond donors (Lipinski definition) is 0. The van der Waals surface area contributed by atoms with Crippen LogP contribution in [0.1, 0.15) is 41.3 Å². The topological polar surface area (TPSA) is 57.2 Å². The molecule has 0 bridgehead atoms. The van der Waals surface area contributed by atoms with Gasteiger partial charge in [0.25, 0.3) is 0 Å². The summed E-state index contributed by atoms with van der Waals surface area (Å²) in [7, 11) is 0. The van der Waals surface area contributed by atoms with Crippen LogP contribution in [0.25, 0.3) is 5.65 Å². The Labute approximate surface area is 172 Å². The SMILES string of the molecule is N#Cc1ccc(N2CCCC(c3nnc4ccc(C(F)(F)F)cn34)C2)cc1C(F)(F)F. The van der Waals surface area contributed by atoms with Gasteiger partial charge in [-0.25, -0.2) is 0 Å². The van der Waals surface area contributed by atoms with E-state index < -0.39 is 29.0 Å². The number of piperidine rings is 1. The molecule has 4 rings (SSSR count). The predicted octanol–water partition coefficient (Wildman–Crippen LogP) is 5.02. The van der Waals surface area contributed by atoms with Crippen molar-refractivity contribution in [3.63, 3.8) is 0 Å². The van der Waals surface area contributed by atoms with Gasteiger partial charge in [0.15, 0.2) is 5.65 Å². The number of nitrogens with zero attached hydrogens (tertiary/aromatic N) is 5. The number of fused-ring (bicyclic) bond motifs is 1. The molecular formula is C20H15F6N5. The third-order valence-electron chi connectivity index (χ3n) is 5.34. The van der Waals surface area contributed by atoms with Crippen LogP contribution in [0, 0.1) is 11.3 Å². The van der Waals surface area contributed by atoms with Gasteiger partial charge in [0.1, 0.15) is 5.82 Å². The summed E-state index contributed by atoms with van der Waals surface area (Å²) in [5.41, 5.74) is -1.76. The van der Waals surface area contributed by atoms with Crippen LogP contribution in [0.4, 0.5) is 32.0 Å². The summed E-state index contributed by atoms with van der Waals surface area (Å²) in [6.45, 7) is 0.741. The molecule has 2 aromatic heterocycles. The van der Waals surface area contributed by atoms with Gasteiger partial charge in [-0.15, -0.1) is 10.2 Å². The van der Waals surface area contributed by atoms with Crippen LogP contribution >= 0.6 is 0 Å². The second kappa shape index (κ2) is 7.44. The molecule has 1 saturated heterocycles. The highest BCUT2D eigenvalue weighted by molar-refractivity contribution is 5.55. The second-order valence-electron chi connectivity index (χ2n) is 7.33. The zero-order chi connectivity index (χ0) is 22.4. The van der Waals surface area contributed by atoms with Crippen LogP contribution < -0.4 is 4.90 Å². The van der Waals surface area contributed by atoms with Crippen molar-refractivity contribution in [3.8, 4) is 6.07 Å². The Morgan fingerprint density at radius 2 is 1.77 bits per heavy atom. The Morgan fingerprint density at radius 3 is 2.45 bits per heavy atom. The van der Waals surface area contributed by atoms with E-state index in [2.05, 4.69) is 10.2 Å². The van der Waals surface area contributed by atoms with Crippen molar-refractivity contribution >= 4 is 11.3 Å². The maximum absolute atomic E-state index is 13.3. The molecule has 1 aliphatic rings. The molecular weight excluding hydrogens is 424 g/mol. The number of pyridine rings is 1. The van der Waals surface area contributed by atoms with Crippen molar-refractivity contribution in [1.29, 1.82) is 5.26 Å². The smallest absolute Gasteiger partial charge is 0.371 e. The molecule has 1 atom stereocenters. The summed E-state index contributed by atoms with van der Waals surface area (Å²) in [5.74, 6) is 0.00713. The molecule has 1 aliphatic heterocycles. The highest BCUT2D eigenvalue weighted by Crippen LogP contribution is 2.37. The highest BCUT2D eigenvalue weighted by Gasteiger charge is 2.35. The summed E-state index contributed by atoms with van der Waals surface area (Å²) in [5, 5.41) is 16.9. The van der Waals surface area contributed by atoms with Crippen molar-refractivity contribution in [2.24, 2.45) is 0 Å². The Morgan fingerprint density at radius 1 is 1.00 bits per heavy atom. The van der Waals surface area contributed by atoms with Gasteiger partial charge in [-0.1, -0.05) is 0 Å². The van der Waals surface area contributed by atoms with Crippen LogP contribution in [0.3, 0.4) is 0 Å². The molecule has 0 N–H and O–H groups in total. The van der Waals surface area contributed by atoms with Crippen molar-refractivity contribution in [2.75, 3.05) is 18.0 Å². The van der Waals surface area contributed by atoms with E-state index in [4.69, 9.17) is 5.26 Å². The summed E-state index contributed by atoms with van der Waals surface area (Å²) >= 11 is 0. The minimum Gasteiger partial charge on any atom is -0.371 e. The standard InChI is InChI=1S/C20H15F6N5/c21-19(22,23)14-4-6-17-28-29-18(31(17)11-14)13-2-1-7-30(10-13)15-5-3-12(9-27)16(8-15)20(24,25)26/h3-6,8,11,13H,1-2,7,10H2. The lowest BCUT2D eigenvalue weighted by Gasteiger charge is -2.34. The number of nitriles is 1. The van der Waals surface area contributed by atoms with Crippen molar-refractivity contribution in [3.05, 3.63) is 59.0 Å². The number of alkyl halides is 6. The monoisotopic (exact) mass is 439 g/mol. The highest BCUT2D eigenvalue weighted by atomic mass is 19.4. The van der Waals surface area contributed by atoms with E-state index in [1.807, 2.05) is 0 Å². The van der Waals surface area contributed by atoms with Gasteiger partial charge < -0.3 is 4.90 Å². The number of rotatable bonds is 2. The van der Waals surface area contributed by atoms with Crippen LogP contribution in [0.2, 0.25) is 0 Å². The van der Waals surface area contributed by atoms with E-state index in [1.54, 1.807) is 11.0 Å². The second-order valence-corrected chi connectivity index (χ2v) is 7.33. The lowest BCUT2D eigenvalue weighted by atomic mass is 9.96. The molecule has 1 fully saturated rings. The quantitative estimate of drug-likeness (QED) is 0.526. The zero-order valence-electron chi connectivity index (χ0n) is 15.9. The van der Waals surface area contributed by atoms with Crippen LogP contribution in [-0.2, 0) is 12.4 Å². The first-order valence-corrected chi connectivity index (χ1v) is 9.36. The largest absolute Gasteiger partial charge is 0.417 e. The average molecular weight is 439 g/mol. The van der Waals surface area contributed by atoms with E-state index in [0.29, 0.717) is 30.9 Å². The van der Waals surface area contributed by atoms with E-state index in [-0.39, 0.29) is 18.1 Å². The third-order valence-corrected chi connectivity index (χ3v) is 5.34. The maximum Gasteiger partial charge on any atom is 0.417 e. The average Bonchev–Trinajstić information content (AvgIpc) is 3.15. The van der Waals surface area contributed by atoms with E-state index in [1.165, 1.54) is 16.5 Å². The Hall–Kier alpha value is -3.29. The van der Waals surface area contributed by atoms with Crippen molar-refractivity contribution < 1.29 is 26.3 Å². The summed E-state index contributed by atoms with van der Waals surface area (Å²) in [6, 6.07) is 7.22. The fourth-order valence-corrected chi connectivity index (χ4v) is 3.84. The van der Waals surface area contributed by atoms with Gasteiger partial charge in [-0.3, -0.25) is 4.40 Å². The lowest BCUT2D eigenvalue weighted by molar-refractivity contribution is -0.138. The number of benzene rings is 1. The molecule has 3 heterocycles. The molecule has 1 unspecified atom stereocenters. The van der Waals surface area contributed by atoms with E-state index >= 15 is 0 Å². The molecule has 0 amide bonds. The molecule has 11 heteroatoms. The normalized spacial score (nSPS) is 17.7. The van der Waals surface area contributed by atoms with Crippen LogP contribution in [0.15, 0.2) is 36.5 Å². The predicted molar refractivity (Wildman–Crippen MR) is 98.3 cm³/mol. The number of anilines is 1. The van der Waals surface area contributed by atoms with Gasteiger partial charge in [-0.2, -0.15) is 31.6 Å². The zero-order valence-corrected chi connectivity index (χ0v) is 15.9. The Bertz CT molecular complexity index is 1160. The minimum absolute atomic E-state index is 0.262. The molecule has 31 heavy (non-hydrogen) atoms. The lowest BCUT2D eigenvalue weighted by Crippen LogP contribution is -2.35. The first-order valence-electron chi connectivity index (χ1n) is 9.36. The summed E-state index contributed by atoms with van der Waals surface area (Å²) in [6.07, 6.45) is -7.04. The van der Waals surface area contributed by atoms with Gasteiger partial charge in [0, 0.05) is 30.9 Å². The molecule has 162 valence electrons. The fourth-order valence-electron chi connectivity index (χ4n) is 3.84. The van der Waals surface area contributed by atoms with Gasteiger partial charge >= 0.3 is 12.4 Å². The molecule has 5 nitrogen and oxygen atoms in total.